The van der Waals surface area contributed by atoms with Crippen molar-refractivity contribution in [2.24, 2.45) is 0 Å². The zero-order valence-electron chi connectivity index (χ0n) is 12.4. The van der Waals surface area contributed by atoms with E-state index in [2.05, 4.69) is 0 Å². The molecule has 1 N–H and O–H groups in total. The number of nitrogens with zero attached hydrogens (tertiary/aromatic N) is 1. The van der Waals surface area contributed by atoms with E-state index < -0.39 is 11.8 Å². The van der Waals surface area contributed by atoms with Gasteiger partial charge in [-0.15, -0.1) is 0 Å². The molecule has 1 aromatic heterocycles. The fourth-order valence-electron chi connectivity index (χ4n) is 2.74. The Balaban J connectivity index is 2.30. The Labute approximate surface area is 131 Å². The minimum Gasteiger partial charge on any atom is -0.478 e. The van der Waals surface area contributed by atoms with Gasteiger partial charge in [0, 0.05) is 11.5 Å². The van der Waals surface area contributed by atoms with Crippen LogP contribution in [0, 0.1) is 5.82 Å². The maximum atomic E-state index is 14.5. The van der Waals surface area contributed by atoms with Gasteiger partial charge in [0.15, 0.2) is 0 Å². The zero-order valence-corrected chi connectivity index (χ0v) is 12.4. The molecule has 3 rings (SSSR count). The Morgan fingerprint density at radius 2 is 1.83 bits per heavy atom. The number of pyridine rings is 1. The smallest absolute Gasteiger partial charge is 0.335 e. The van der Waals surface area contributed by atoms with Gasteiger partial charge in [0.05, 0.1) is 17.1 Å². The summed E-state index contributed by atoms with van der Waals surface area (Å²) in [5.74, 6) is -1.93. The molecule has 0 aliphatic heterocycles. The lowest BCUT2D eigenvalue weighted by Crippen LogP contribution is -2.24. The van der Waals surface area contributed by atoms with E-state index >= 15 is 0 Å². The van der Waals surface area contributed by atoms with Crippen LogP contribution in [0.15, 0.2) is 59.4 Å². The predicted molar refractivity (Wildman–Crippen MR) is 85.4 cm³/mol. The van der Waals surface area contributed by atoms with Crippen molar-refractivity contribution in [3.05, 3.63) is 81.9 Å². The number of aromatic nitrogens is 1. The first-order valence-corrected chi connectivity index (χ1v) is 7.12. The van der Waals surface area contributed by atoms with E-state index in [1.165, 1.54) is 22.8 Å². The highest BCUT2D eigenvalue weighted by Gasteiger charge is 2.17. The normalized spacial score (nSPS) is 12.3. The highest BCUT2D eigenvalue weighted by molar-refractivity contribution is 5.93. The van der Waals surface area contributed by atoms with Crippen LogP contribution < -0.4 is 5.56 Å². The third-order valence-corrected chi connectivity index (χ3v) is 3.89. The fourth-order valence-corrected chi connectivity index (χ4v) is 2.74. The van der Waals surface area contributed by atoms with E-state index in [1.54, 1.807) is 6.92 Å². The van der Waals surface area contributed by atoms with Crippen LogP contribution in [0.25, 0.3) is 10.9 Å². The minimum atomic E-state index is -1.21. The average molecular weight is 311 g/mol. The van der Waals surface area contributed by atoms with Gasteiger partial charge in [-0.1, -0.05) is 30.3 Å². The van der Waals surface area contributed by atoms with E-state index in [9.17, 15) is 14.0 Å². The molecule has 0 spiro atoms. The number of fused-ring (bicyclic) bond motifs is 1. The molecule has 0 aliphatic carbocycles. The molecule has 4 nitrogen and oxygen atoms in total. The van der Waals surface area contributed by atoms with Crippen LogP contribution >= 0.6 is 0 Å². The highest BCUT2D eigenvalue weighted by Crippen LogP contribution is 2.24. The van der Waals surface area contributed by atoms with Crippen LogP contribution in [-0.2, 0) is 0 Å². The van der Waals surface area contributed by atoms with Crippen LogP contribution in [-0.4, -0.2) is 15.6 Å². The number of halogens is 1. The average Bonchev–Trinajstić information content (AvgIpc) is 2.55. The zero-order chi connectivity index (χ0) is 16.6. The van der Waals surface area contributed by atoms with Gasteiger partial charge in [-0.05, 0) is 30.7 Å². The third-order valence-electron chi connectivity index (χ3n) is 3.89. The molecule has 0 aliphatic rings. The minimum absolute atomic E-state index is 0.110. The second-order valence-corrected chi connectivity index (χ2v) is 5.33. The summed E-state index contributed by atoms with van der Waals surface area (Å²) in [6, 6.07) is 14.0. The summed E-state index contributed by atoms with van der Waals surface area (Å²) in [4.78, 5) is 23.4. The van der Waals surface area contributed by atoms with Crippen molar-refractivity contribution in [2.75, 3.05) is 0 Å². The lowest BCUT2D eigenvalue weighted by molar-refractivity contribution is 0.0696. The van der Waals surface area contributed by atoms with Gasteiger partial charge in [0.25, 0.3) is 5.56 Å². The van der Waals surface area contributed by atoms with Crippen LogP contribution in [0.2, 0.25) is 0 Å². The van der Waals surface area contributed by atoms with Crippen LogP contribution in [0.5, 0.6) is 0 Å². The third kappa shape index (κ3) is 2.61. The summed E-state index contributed by atoms with van der Waals surface area (Å²) in [6.45, 7) is 1.81. The summed E-state index contributed by atoms with van der Waals surface area (Å²) in [5, 5.41) is 9.42. The predicted octanol–water partition coefficient (Wildman–Crippen LogP) is 3.45. The van der Waals surface area contributed by atoms with Gasteiger partial charge >= 0.3 is 5.97 Å². The molecular formula is C18H14FNO3. The molecule has 1 unspecified atom stereocenters. The molecule has 3 aromatic rings. The van der Waals surface area contributed by atoms with E-state index in [1.807, 2.05) is 30.3 Å². The Hall–Kier alpha value is -2.95. The Morgan fingerprint density at radius 1 is 1.13 bits per heavy atom. The van der Waals surface area contributed by atoms with E-state index in [4.69, 9.17) is 5.11 Å². The number of aromatic carboxylic acids is 1. The van der Waals surface area contributed by atoms with Crippen LogP contribution in [0.4, 0.5) is 4.39 Å². The lowest BCUT2D eigenvalue weighted by atomic mass is 10.1. The number of carbonyl (C=O) groups is 1. The first-order valence-electron chi connectivity index (χ1n) is 7.12. The van der Waals surface area contributed by atoms with Crippen LogP contribution in [0.1, 0.15) is 28.9 Å². The first kappa shape index (κ1) is 15.0. The summed E-state index contributed by atoms with van der Waals surface area (Å²) in [6.07, 6.45) is 0. The SMILES string of the molecule is CC(c1ccccc1)n1c(=O)ccc2cc(C(=O)O)cc(F)c21. The van der Waals surface area contributed by atoms with Crippen LogP contribution in [0.3, 0.4) is 0 Å². The number of rotatable bonds is 3. The highest BCUT2D eigenvalue weighted by atomic mass is 19.1. The summed E-state index contributed by atoms with van der Waals surface area (Å²) < 4.78 is 15.9. The molecule has 0 saturated carbocycles. The van der Waals surface area contributed by atoms with Gasteiger partial charge in [-0.2, -0.15) is 0 Å². The molecule has 0 fully saturated rings. The topological polar surface area (TPSA) is 59.3 Å². The van der Waals surface area contributed by atoms with Crippen molar-refractivity contribution in [2.45, 2.75) is 13.0 Å². The molecular weight excluding hydrogens is 297 g/mol. The standard InChI is InChI=1S/C18H14FNO3/c1-11(12-5-3-2-4-6-12)20-16(21)8-7-13-9-14(18(22)23)10-15(19)17(13)20/h2-11H,1H3,(H,22,23). The number of hydrogen-bond acceptors (Lipinski definition) is 2. The van der Waals surface area contributed by atoms with E-state index in [0.29, 0.717) is 5.39 Å². The quantitative estimate of drug-likeness (QED) is 0.806. The van der Waals surface area contributed by atoms with Crippen molar-refractivity contribution < 1.29 is 14.3 Å². The van der Waals surface area contributed by atoms with Gasteiger partial charge in [-0.25, -0.2) is 9.18 Å². The number of benzene rings is 2. The molecule has 1 heterocycles. The monoisotopic (exact) mass is 311 g/mol. The molecule has 5 heteroatoms. The molecule has 0 saturated heterocycles. The molecule has 2 aromatic carbocycles. The molecule has 0 radical (unpaired) electrons. The fraction of sp³-hybridized carbons (Fsp3) is 0.111. The molecule has 0 amide bonds. The maximum Gasteiger partial charge on any atom is 0.335 e. The van der Waals surface area contributed by atoms with E-state index in [-0.39, 0.29) is 22.7 Å². The largest absolute Gasteiger partial charge is 0.478 e. The van der Waals surface area contributed by atoms with Crippen molar-refractivity contribution in [3.63, 3.8) is 0 Å². The van der Waals surface area contributed by atoms with Crippen molar-refractivity contribution in [1.29, 1.82) is 0 Å². The van der Waals surface area contributed by atoms with Gasteiger partial charge in [-0.3, -0.25) is 9.36 Å². The van der Waals surface area contributed by atoms with Crippen molar-refractivity contribution in [3.8, 4) is 0 Å². The number of hydrogen-bond donors (Lipinski definition) is 1. The Morgan fingerprint density at radius 3 is 2.48 bits per heavy atom. The van der Waals surface area contributed by atoms with Crippen molar-refractivity contribution in [1.82, 2.24) is 4.57 Å². The lowest BCUT2D eigenvalue weighted by Gasteiger charge is -2.19. The maximum absolute atomic E-state index is 14.5. The summed E-state index contributed by atoms with van der Waals surface area (Å²) in [5.41, 5.74) is 0.492. The number of carboxylic acids is 1. The Kier molecular flexibility index (Phi) is 3.70. The molecule has 1 atom stereocenters. The molecule has 116 valence electrons. The van der Waals surface area contributed by atoms with Gasteiger partial charge in [0.2, 0.25) is 0 Å². The van der Waals surface area contributed by atoms with Gasteiger partial charge < -0.3 is 5.11 Å². The Bertz CT molecular complexity index is 948. The van der Waals surface area contributed by atoms with Gasteiger partial charge in [0.1, 0.15) is 5.82 Å². The molecule has 23 heavy (non-hydrogen) atoms. The second-order valence-electron chi connectivity index (χ2n) is 5.33. The molecule has 0 bridgehead atoms. The van der Waals surface area contributed by atoms with Crippen molar-refractivity contribution >= 4 is 16.9 Å². The van der Waals surface area contributed by atoms with E-state index in [0.717, 1.165) is 11.6 Å². The summed E-state index contributed by atoms with van der Waals surface area (Å²) >= 11 is 0. The number of carboxylic acid groups (broad SMARTS) is 1. The summed E-state index contributed by atoms with van der Waals surface area (Å²) in [7, 11) is 0. The first-order chi connectivity index (χ1) is 11.0. The second kappa shape index (κ2) is 5.68.